The Labute approximate surface area is 89.7 Å². The number of aromatic nitrogens is 1. The van der Waals surface area contributed by atoms with E-state index in [0.717, 1.165) is 0 Å². The number of rotatable bonds is 1. The van der Waals surface area contributed by atoms with Gasteiger partial charge in [-0.1, -0.05) is 24.3 Å². The fraction of sp³-hybridized carbons (Fsp3) is 0.182. The summed E-state index contributed by atoms with van der Waals surface area (Å²) in [6, 6.07) is 9.25. The Hall–Kier alpha value is -1.78. The Kier molecular flexibility index (Phi) is 2.46. The maximum atomic E-state index is 12.3. The lowest BCUT2D eigenvalue weighted by molar-refractivity contribution is -0.157. The Bertz CT molecular complexity index is 488. The Morgan fingerprint density at radius 2 is 1.88 bits per heavy atom. The van der Waals surface area contributed by atoms with E-state index >= 15 is 0 Å². The second kappa shape index (κ2) is 3.66. The van der Waals surface area contributed by atoms with Crippen LogP contribution in [0, 0.1) is 13.0 Å². The minimum Gasteiger partial charge on any atom is -0.438 e. The van der Waals surface area contributed by atoms with Crippen LogP contribution in [0.3, 0.4) is 0 Å². The first-order chi connectivity index (χ1) is 7.48. The summed E-state index contributed by atoms with van der Waals surface area (Å²) in [5.74, 6) is -1.06. The Morgan fingerprint density at radius 1 is 1.25 bits per heavy atom. The summed E-state index contributed by atoms with van der Waals surface area (Å²) < 4.78 is 41.6. The predicted octanol–water partition coefficient (Wildman–Crippen LogP) is 3.47. The molecule has 2 nitrogen and oxygen atoms in total. The second-order valence-corrected chi connectivity index (χ2v) is 3.21. The summed E-state index contributed by atoms with van der Waals surface area (Å²) in [5.41, 5.74) is 0.789. The third-order valence-corrected chi connectivity index (χ3v) is 2.03. The number of benzene rings is 1. The molecule has 0 N–H and O–H groups in total. The summed E-state index contributed by atoms with van der Waals surface area (Å²) in [7, 11) is 0. The van der Waals surface area contributed by atoms with Crippen LogP contribution < -0.4 is 0 Å². The molecule has 1 radical (unpaired) electrons. The van der Waals surface area contributed by atoms with E-state index in [1.165, 1.54) is 6.92 Å². The molecule has 0 saturated heterocycles. The lowest BCUT2D eigenvalue weighted by Crippen LogP contribution is -2.04. The smallest absolute Gasteiger partial charge is 0.438 e. The van der Waals surface area contributed by atoms with E-state index in [1.807, 2.05) is 0 Å². The number of hydrogen-bond acceptors (Lipinski definition) is 2. The van der Waals surface area contributed by atoms with Gasteiger partial charge in [0.1, 0.15) is 11.5 Å². The van der Waals surface area contributed by atoms with Crippen molar-refractivity contribution in [2.45, 2.75) is 13.1 Å². The zero-order valence-corrected chi connectivity index (χ0v) is 8.30. The lowest BCUT2D eigenvalue weighted by atomic mass is 10.1. The van der Waals surface area contributed by atoms with E-state index in [2.05, 4.69) is 15.5 Å². The summed E-state index contributed by atoms with van der Waals surface area (Å²) in [6.07, 6.45) is -4.55. The van der Waals surface area contributed by atoms with Crippen molar-refractivity contribution in [1.29, 1.82) is 0 Å². The first-order valence-electron chi connectivity index (χ1n) is 4.49. The highest BCUT2D eigenvalue weighted by Crippen LogP contribution is 2.32. The van der Waals surface area contributed by atoms with Crippen molar-refractivity contribution in [3.05, 3.63) is 42.0 Å². The molecule has 83 valence electrons. The number of halogens is 3. The highest BCUT2D eigenvalue weighted by Gasteiger charge is 2.38. The number of alkyl halides is 3. The average Bonchev–Trinajstić information content (AvgIpc) is 2.61. The lowest BCUT2D eigenvalue weighted by Gasteiger charge is -1.97. The summed E-state index contributed by atoms with van der Waals surface area (Å²) >= 11 is 0. The first-order valence-corrected chi connectivity index (χ1v) is 4.49. The molecule has 16 heavy (non-hydrogen) atoms. The molecule has 0 spiro atoms. The highest BCUT2D eigenvalue weighted by atomic mass is 19.4. The number of nitrogens with zero attached hydrogens (tertiary/aromatic N) is 1. The molecule has 0 aliphatic rings. The topological polar surface area (TPSA) is 26.0 Å². The van der Waals surface area contributed by atoms with Crippen LogP contribution in [0.4, 0.5) is 13.2 Å². The van der Waals surface area contributed by atoms with Crippen molar-refractivity contribution in [2.75, 3.05) is 0 Å². The molecule has 0 unspecified atom stereocenters. The minimum atomic E-state index is -4.55. The first kappa shape index (κ1) is 10.7. The fourth-order valence-electron chi connectivity index (χ4n) is 1.33. The monoisotopic (exact) mass is 226 g/mol. The van der Waals surface area contributed by atoms with Crippen LogP contribution in [-0.4, -0.2) is 4.98 Å². The molecule has 0 atom stereocenters. The maximum Gasteiger partial charge on any atom is 0.468 e. The normalized spacial score (nSPS) is 11.8. The van der Waals surface area contributed by atoms with Crippen LogP contribution in [-0.2, 0) is 6.18 Å². The average molecular weight is 226 g/mol. The van der Waals surface area contributed by atoms with Gasteiger partial charge in [0.2, 0.25) is 0 Å². The Morgan fingerprint density at radius 3 is 2.38 bits per heavy atom. The van der Waals surface area contributed by atoms with E-state index in [1.54, 1.807) is 24.3 Å². The molecule has 2 rings (SSSR count). The number of hydrogen-bond donors (Lipinski definition) is 0. The molecule has 1 heterocycles. The Balaban J connectivity index is 2.48. The third-order valence-electron chi connectivity index (χ3n) is 2.03. The van der Waals surface area contributed by atoms with Gasteiger partial charge in [-0.25, -0.2) is 4.98 Å². The maximum absolute atomic E-state index is 12.3. The van der Waals surface area contributed by atoms with Gasteiger partial charge in [0, 0.05) is 5.56 Å². The second-order valence-electron chi connectivity index (χ2n) is 3.21. The van der Waals surface area contributed by atoms with Crippen LogP contribution in [0.2, 0.25) is 0 Å². The van der Waals surface area contributed by atoms with Crippen molar-refractivity contribution < 1.29 is 17.6 Å². The zero-order valence-electron chi connectivity index (χ0n) is 8.30. The van der Waals surface area contributed by atoms with Crippen LogP contribution in [0.5, 0.6) is 0 Å². The highest BCUT2D eigenvalue weighted by molar-refractivity contribution is 5.60. The van der Waals surface area contributed by atoms with Crippen LogP contribution in [0.25, 0.3) is 11.3 Å². The van der Waals surface area contributed by atoms with E-state index < -0.39 is 12.1 Å². The molecule has 5 heteroatoms. The largest absolute Gasteiger partial charge is 0.468 e. The van der Waals surface area contributed by atoms with Crippen molar-refractivity contribution in [3.8, 4) is 11.3 Å². The SMILES string of the molecule is Cc1oc(C(F)(F)F)nc1-c1cc[c]cc1. The molecule has 2 aromatic rings. The van der Waals surface area contributed by atoms with Gasteiger partial charge >= 0.3 is 12.1 Å². The van der Waals surface area contributed by atoms with Crippen molar-refractivity contribution in [2.24, 2.45) is 0 Å². The number of oxazole rings is 1. The minimum absolute atomic E-state index is 0.151. The fourth-order valence-corrected chi connectivity index (χ4v) is 1.33. The van der Waals surface area contributed by atoms with E-state index in [4.69, 9.17) is 0 Å². The number of aryl methyl sites for hydroxylation is 1. The molecule has 0 fully saturated rings. The quantitative estimate of drug-likeness (QED) is 0.744. The van der Waals surface area contributed by atoms with Gasteiger partial charge in [-0.2, -0.15) is 13.2 Å². The van der Waals surface area contributed by atoms with Crippen LogP contribution in [0.1, 0.15) is 11.7 Å². The van der Waals surface area contributed by atoms with Gasteiger partial charge in [0.15, 0.2) is 0 Å². The molecule has 1 aromatic heterocycles. The third kappa shape index (κ3) is 1.93. The molecule has 0 saturated carbocycles. The van der Waals surface area contributed by atoms with Crippen molar-refractivity contribution in [3.63, 3.8) is 0 Å². The molecule has 0 aliphatic heterocycles. The predicted molar refractivity (Wildman–Crippen MR) is 50.5 cm³/mol. The van der Waals surface area contributed by atoms with Gasteiger partial charge in [0.25, 0.3) is 0 Å². The molecular weight excluding hydrogens is 219 g/mol. The van der Waals surface area contributed by atoms with Gasteiger partial charge < -0.3 is 4.42 Å². The van der Waals surface area contributed by atoms with Gasteiger partial charge in [-0.15, -0.1) is 0 Å². The molecule has 0 amide bonds. The van der Waals surface area contributed by atoms with E-state index in [9.17, 15) is 13.2 Å². The summed E-state index contributed by atoms with van der Waals surface area (Å²) in [5, 5.41) is 0. The molecule has 1 aromatic carbocycles. The summed E-state index contributed by atoms with van der Waals surface area (Å²) in [4.78, 5) is 3.45. The van der Waals surface area contributed by atoms with Gasteiger partial charge in [0.05, 0.1) is 0 Å². The van der Waals surface area contributed by atoms with Gasteiger partial charge in [-0.3, -0.25) is 0 Å². The van der Waals surface area contributed by atoms with Crippen LogP contribution in [0.15, 0.2) is 28.7 Å². The molecule has 0 bridgehead atoms. The van der Waals surface area contributed by atoms with Crippen molar-refractivity contribution in [1.82, 2.24) is 4.98 Å². The standard InChI is InChI=1S/C11H7F3NO/c1-7-9(8-5-3-2-4-6-8)15-10(16-7)11(12,13)14/h3-6H,1H3. The van der Waals surface area contributed by atoms with Gasteiger partial charge in [-0.05, 0) is 13.0 Å². The van der Waals surface area contributed by atoms with E-state index in [-0.39, 0.29) is 11.5 Å². The van der Waals surface area contributed by atoms with Crippen LogP contribution >= 0.6 is 0 Å². The van der Waals surface area contributed by atoms with Crippen molar-refractivity contribution >= 4 is 0 Å². The van der Waals surface area contributed by atoms with E-state index in [0.29, 0.717) is 5.56 Å². The summed E-state index contributed by atoms with van der Waals surface area (Å²) in [6.45, 7) is 1.45. The molecular formula is C11H7F3NO. The molecule has 0 aliphatic carbocycles. The zero-order chi connectivity index (χ0) is 11.8.